The summed E-state index contributed by atoms with van der Waals surface area (Å²) in [6, 6.07) is 28.6. The normalized spacial score (nSPS) is 19.6. The van der Waals surface area contributed by atoms with Gasteiger partial charge in [0.05, 0.1) is 0 Å². The Bertz CT molecular complexity index is 1890. The highest BCUT2D eigenvalue weighted by Crippen LogP contribution is 2.57. The Morgan fingerprint density at radius 3 is 1.82 bits per heavy atom. The van der Waals surface area contributed by atoms with Crippen LogP contribution in [0.5, 0.6) is 0 Å². The summed E-state index contributed by atoms with van der Waals surface area (Å²) in [6.07, 6.45) is 5.09. The first kappa shape index (κ1) is 30.2. The maximum absolute atomic E-state index is 2.59. The van der Waals surface area contributed by atoms with Gasteiger partial charge in [0, 0.05) is 11.8 Å². The number of rotatable bonds is 4. The molecule has 0 radical (unpaired) electrons. The molecular formula is C44H50Si. The Kier molecular flexibility index (Phi) is 6.75. The average Bonchev–Trinajstić information content (AvgIpc) is 3.23. The Balaban J connectivity index is 1.39. The van der Waals surface area contributed by atoms with Gasteiger partial charge in [0.1, 0.15) is 8.07 Å². The van der Waals surface area contributed by atoms with Crippen molar-refractivity contribution in [2.24, 2.45) is 5.92 Å². The molecule has 1 heteroatoms. The predicted octanol–water partition coefficient (Wildman–Crippen LogP) is 11.1. The van der Waals surface area contributed by atoms with Gasteiger partial charge in [-0.25, -0.2) is 0 Å². The zero-order valence-electron chi connectivity index (χ0n) is 29.3. The first-order chi connectivity index (χ1) is 21.1. The van der Waals surface area contributed by atoms with Crippen molar-refractivity contribution >= 4 is 30.6 Å². The first-order valence-corrected chi connectivity index (χ1v) is 20.1. The summed E-state index contributed by atoms with van der Waals surface area (Å²) in [5.74, 6) is 1.18. The van der Waals surface area contributed by atoms with Crippen molar-refractivity contribution in [3.05, 3.63) is 117 Å². The van der Waals surface area contributed by atoms with Crippen molar-refractivity contribution in [2.75, 3.05) is 0 Å². The second kappa shape index (κ2) is 10.0. The molecule has 7 rings (SSSR count). The molecule has 4 aromatic carbocycles. The van der Waals surface area contributed by atoms with Crippen LogP contribution in [-0.2, 0) is 10.8 Å². The van der Waals surface area contributed by atoms with E-state index >= 15 is 0 Å². The van der Waals surface area contributed by atoms with Crippen molar-refractivity contribution in [2.45, 2.75) is 98.1 Å². The van der Waals surface area contributed by atoms with Crippen LogP contribution in [0.2, 0.25) is 13.1 Å². The van der Waals surface area contributed by atoms with Crippen LogP contribution in [0.15, 0.2) is 83.9 Å². The third-order valence-corrected chi connectivity index (χ3v) is 14.3. The van der Waals surface area contributed by atoms with Crippen LogP contribution in [0.3, 0.4) is 0 Å². The van der Waals surface area contributed by atoms with Gasteiger partial charge < -0.3 is 0 Å². The van der Waals surface area contributed by atoms with E-state index in [9.17, 15) is 0 Å². The summed E-state index contributed by atoms with van der Waals surface area (Å²) in [5, 5.41) is 3.36. The molecule has 0 amide bonds. The third-order valence-electron chi connectivity index (χ3n) is 11.1. The number of fused-ring (bicyclic) bond motifs is 3. The fraction of sp³-hybridized carbons (Fsp3) is 0.364. The predicted molar refractivity (Wildman–Crippen MR) is 200 cm³/mol. The van der Waals surface area contributed by atoms with Crippen LogP contribution >= 0.6 is 0 Å². The van der Waals surface area contributed by atoms with Crippen LogP contribution in [0.25, 0.3) is 34.4 Å². The fourth-order valence-corrected chi connectivity index (χ4v) is 11.7. The fourth-order valence-electron chi connectivity index (χ4n) is 8.34. The SMILES string of the molecule is CC1=Cc2c(-c3ccc(C(C)(C)C)cc3)cccc2C1C1C(C(C)C)=Cc2cc3c(c(-c4ccc(C(C)(C)C)cc4)c21)[Si]3(C)C. The lowest BCUT2D eigenvalue weighted by Gasteiger charge is -2.30. The Morgan fingerprint density at radius 2 is 1.27 bits per heavy atom. The second-order valence-electron chi connectivity index (χ2n) is 16.9. The van der Waals surface area contributed by atoms with Gasteiger partial charge in [-0.2, -0.15) is 0 Å². The van der Waals surface area contributed by atoms with Crippen LogP contribution in [0.4, 0.5) is 0 Å². The molecule has 1 aliphatic heterocycles. The first-order valence-electron chi connectivity index (χ1n) is 17.1. The van der Waals surface area contributed by atoms with E-state index in [4.69, 9.17) is 0 Å². The molecule has 45 heavy (non-hydrogen) atoms. The quantitative estimate of drug-likeness (QED) is 0.203. The topological polar surface area (TPSA) is 0 Å². The lowest BCUT2D eigenvalue weighted by Crippen LogP contribution is -2.20. The zero-order valence-corrected chi connectivity index (χ0v) is 30.3. The number of hydrogen-bond acceptors (Lipinski definition) is 0. The maximum Gasteiger partial charge on any atom is 0.112 e. The molecule has 230 valence electrons. The largest absolute Gasteiger partial charge is 0.112 e. The minimum absolute atomic E-state index is 0.147. The standard InChI is InChI=1S/C44H50Si/c1-26(2)35-24-30-25-37-42(45(37,10)11)40(29-17-21-32(22-18-29)44(7,8)9)39(30)41(35)38-27(3)23-36-33(13-12-14-34(36)38)28-15-19-31(20-16-28)43(4,5)6/h12-26,38,41H,1-11H3. The second-order valence-corrected chi connectivity index (χ2v) is 21.2. The molecule has 0 spiro atoms. The molecule has 3 aliphatic rings. The molecule has 0 saturated carbocycles. The molecule has 0 saturated heterocycles. The van der Waals surface area contributed by atoms with E-state index in [1.165, 1.54) is 50.1 Å². The molecule has 2 atom stereocenters. The highest BCUT2D eigenvalue weighted by atomic mass is 28.3. The van der Waals surface area contributed by atoms with Crippen LogP contribution in [0.1, 0.15) is 108 Å². The maximum atomic E-state index is 2.59. The van der Waals surface area contributed by atoms with Crippen molar-refractivity contribution in [3.63, 3.8) is 0 Å². The Hall–Kier alpha value is -3.42. The lowest BCUT2D eigenvalue weighted by atomic mass is 9.73. The third kappa shape index (κ3) is 4.76. The van der Waals surface area contributed by atoms with Gasteiger partial charge in [-0.05, 0) is 84.5 Å². The molecule has 0 fully saturated rings. The molecule has 0 N–H and O–H groups in total. The van der Waals surface area contributed by atoms with Gasteiger partial charge >= 0.3 is 0 Å². The van der Waals surface area contributed by atoms with Gasteiger partial charge in [-0.1, -0.05) is 170 Å². The molecule has 4 aromatic rings. The minimum atomic E-state index is -1.54. The summed E-state index contributed by atoms with van der Waals surface area (Å²) >= 11 is 0. The Labute approximate surface area is 273 Å². The van der Waals surface area contributed by atoms with Gasteiger partial charge in [0.25, 0.3) is 0 Å². The average molecular weight is 607 g/mol. The zero-order chi connectivity index (χ0) is 32.2. The molecule has 0 nitrogen and oxygen atoms in total. The number of allylic oxidation sites excluding steroid dienone is 2. The monoisotopic (exact) mass is 606 g/mol. The van der Waals surface area contributed by atoms with Gasteiger partial charge in [-0.15, -0.1) is 0 Å². The van der Waals surface area contributed by atoms with Crippen LogP contribution in [0, 0.1) is 5.92 Å². The molecular weight excluding hydrogens is 557 g/mol. The van der Waals surface area contributed by atoms with E-state index in [2.05, 4.69) is 160 Å². The van der Waals surface area contributed by atoms with E-state index < -0.39 is 8.07 Å². The van der Waals surface area contributed by atoms with Crippen molar-refractivity contribution in [1.82, 2.24) is 0 Å². The molecule has 2 unspecified atom stereocenters. The van der Waals surface area contributed by atoms with Crippen molar-refractivity contribution in [1.29, 1.82) is 0 Å². The minimum Gasteiger partial charge on any atom is -0.0642 e. The smallest absolute Gasteiger partial charge is 0.0642 e. The van der Waals surface area contributed by atoms with Gasteiger partial charge in [0.15, 0.2) is 0 Å². The van der Waals surface area contributed by atoms with E-state index in [0.717, 1.165) is 0 Å². The van der Waals surface area contributed by atoms with E-state index in [0.29, 0.717) is 17.8 Å². The number of benzene rings is 4. The summed E-state index contributed by atoms with van der Waals surface area (Å²) in [7, 11) is -1.54. The molecule has 0 aromatic heterocycles. The summed E-state index contributed by atoms with van der Waals surface area (Å²) < 4.78 is 0. The Morgan fingerprint density at radius 1 is 0.689 bits per heavy atom. The van der Waals surface area contributed by atoms with Crippen LogP contribution in [-0.4, -0.2) is 8.07 Å². The van der Waals surface area contributed by atoms with E-state index in [-0.39, 0.29) is 10.8 Å². The summed E-state index contributed by atoms with van der Waals surface area (Å²) in [6.45, 7) is 26.1. The van der Waals surface area contributed by atoms with Crippen LogP contribution < -0.4 is 10.4 Å². The summed E-state index contributed by atoms with van der Waals surface area (Å²) in [5.41, 5.74) is 17.8. The molecule has 2 aliphatic carbocycles. The highest BCUT2D eigenvalue weighted by molar-refractivity contribution is 7.16. The van der Waals surface area contributed by atoms with Gasteiger partial charge in [0.2, 0.25) is 0 Å². The highest BCUT2D eigenvalue weighted by Gasteiger charge is 2.50. The number of hydrogen-bond donors (Lipinski definition) is 0. The van der Waals surface area contributed by atoms with E-state index in [1.807, 2.05) is 0 Å². The molecule has 1 heterocycles. The van der Waals surface area contributed by atoms with E-state index in [1.54, 1.807) is 27.1 Å². The lowest BCUT2D eigenvalue weighted by molar-refractivity contribution is 0.590. The van der Waals surface area contributed by atoms with Crippen molar-refractivity contribution in [3.8, 4) is 22.3 Å². The molecule has 0 bridgehead atoms. The van der Waals surface area contributed by atoms with Crippen molar-refractivity contribution < 1.29 is 0 Å². The van der Waals surface area contributed by atoms with Gasteiger partial charge in [-0.3, -0.25) is 0 Å². The summed E-state index contributed by atoms with van der Waals surface area (Å²) in [4.78, 5) is 0.